The Morgan fingerprint density at radius 3 is 2.12 bits per heavy atom. The van der Waals surface area contributed by atoms with Crippen molar-refractivity contribution in [2.45, 2.75) is 5.75 Å². The van der Waals surface area contributed by atoms with Gasteiger partial charge in [0, 0.05) is 5.75 Å². The quantitative estimate of drug-likeness (QED) is 0.591. The van der Waals surface area contributed by atoms with Gasteiger partial charge in [0.25, 0.3) is 0 Å². The van der Waals surface area contributed by atoms with Gasteiger partial charge in [0.05, 0.1) is 5.69 Å². The highest BCUT2D eigenvalue weighted by Crippen LogP contribution is 2.23. The van der Waals surface area contributed by atoms with E-state index in [1.807, 2.05) is 48.5 Å². The zero-order chi connectivity index (χ0) is 11.9. The molecule has 0 N–H and O–H groups in total. The molecule has 0 aliphatic carbocycles. The van der Waals surface area contributed by atoms with E-state index in [0.717, 1.165) is 17.9 Å². The molecule has 0 radical (unpaired) electrons. The second kappa shape index (κ2) is 6.11. The van der Waals surface area contributed by atoms with Crippen LogP contribution in [0, 0.1) is 0 Å². The largest absolute Gasteiger partial charge is 0.277 e. The van der Waals surface area contributed by atoms with Gasteiger partial charge < -0.3 is 0 Å². The Balaban J connectivity index is 2.00. The number of rotatable bonds is 5. The second-order valence-electron chi connectivity index (χ2n) is 3.53. The molecular formula is C14H13NOS. The molecule has 2 aromatic rings. The van der Waals surface area contributed by atoms with Crippen LogP contribution in [-0.2, 0) is 10.5 Å². The first kappa shape index (κ1) is 11.7. The average molecular weight is 243 g/mol. The van der Waals surface area contributed by atoms with Crippen molar-refractivity contribution in [3.05, 3.63) is 66.2 Å². The van der Waals surface area contributed by atoms with Gasteiger partial charge in [-0.3, -0.25) is 9.10 Å². The van der Waals surface area contributed by atoms with E-state index in [1.54, 1.807) is 4.31 Å². The molecule has 2 nitrogen and oxygen atoms in total. The number of benzene rings is 2. The van der Waals surface area contributed by atoms with Crippen LogP contribution in [0.1, 0.15) is 5.56 Å². The van der Waals surface area contributed by atoms with Crippen LogP contribution in [0.15, 0.2) is 60.7 Å². The third-order valence-electron chi connectivity index (χ3n) is 2.32. The van der Waals surface area contributed by atoms with E-state index in [-0.39, 0.29) is 0 Å². The minimum Gasteiger partial charge on any atom is -0.277 e. The Bertz CT molecular complexity index is 458. The zero-order valence-corrected chi connectivity index (χ0v) is 10.1. The maximum Gasteiger partial charge on any atom is 0.224 e. The molecule has 0 aliphatic heterocycles. The van der Waals surface area contributed by atoms with Crippen LogP contribution >= 0.6 is 11.9 Å². The molecule has 86 valence electrons. The molecule has 2 aromatic carbocycles. The van der Waals surface area contributed by atoms with Crippen LogP contribution in [0.3, 0.4) is 0 Å². The van der Waals surface area contributed by atoms with Crippen molar-refractivity contribution in [3.63, 3.8) is 0 Å². The van der Waals surface area contributed by atoms with Crippen LogP contribution in [0.5, 0.6) is 0 Å². The van der Waals surface area contributed by atoms with Crippen molar-refractivity contribution in [2.24, 2.45) is 0 Å². The standard InChI is InChI=1S/C14H13NOS/c16-12-15(14-9-5-2-6-10-14)17-11-13-7-3-1-4-8-13/h1-10,12H,11H2. The number of anilines is 1. The van der Waals surface area contributed by atoms with E-state index in [4.69, 9.17) is 0 Å². The van der Waals surface area contributed by atoms with Crippen molar-refractivity contribution in [2.75, 3.05) is 4.31 Å². The molecule has 0 atom stereocenters. The fraction of sp³-hybridized carbons (Fsp3) is 0.0714. The molecule has 0 aliphatic rings. The van der Waals surface area contributed by atoms with Gasteiger partial charge in [0.15, 0.2) is 0 Å². The number of amides is 1. The van der Waals surface area contributed by atoms with Gasteiger partial charge in [0.1, 0.15) is 0 Å². The molecule has 0 spiro atoms. The summed E-state index contributed by atoms with van der Waals surface area (Å²) in [6.07, 6.45) is 0.850. The van der Waals surface area contributed by atoms with Gasteiger partial charge in [-0.2, -0.15) is 0 Å². The predicted octanol–water partition coefficient (Wildman–Crippen LogP) is 3.50. The van der Waals surface area contributed by atoms with Gasteiger partial charge in [0.2, 0.25) is 6.41 Å². The molecule has 0 bridgehead atoms. The normalized spacial score (nSPS) is 9.88. The number of hydrogen-bond donors (Lipinski definition) is 0. The van der Waals surface area contributed by atoms with Gasteiger partial charge in [-0.05, 0) is 29.6 Å². The smallest absolute Gasteiger partial charge is 0.224 e. The maximum atomic E-state index is 11.0. The first-order valence-electron chi connectivity index (χ1n) is 5.36. The molecule has 1 amide bonds. The molecular weight excluding hydrogens is 230 g/mol. The molecule has 0 saturated carbocycles. The summed E-state index contributed by atoms with van der Waals surface area (Å²) in [7, 11) is 0. The SMILES string of the molecule is O=CN(SCc1ccccc1)c1ccccc1. The van der Waals surface area contributed by atoms with Gasteiger partial charge in [-0.25, -0.2) is 0 Å². The third kappa shape index (κ3) is 3.36. The van der Waals surface area contributed by atoms with Crippen LogP contribution in [-0.4, -0.2) is 6.41 Å². The minimum atomic E-state index is 0.786. The van der Waals surface area contributed by atoms with Crippen LogP contribution in [0.25, 0.3) is 0 Å². The second-order valence-corrected chi connectivity index (χ2v) is 4.47. The summed E-state index contributed by atoms with van der Waals surface area (Å²) in [5, 5.41) is 0. The molecule has 0 fully saturated rings. The Labute approximate surface area is 105 Å². The highest BCUT2D eigenvalue weighted by atomic mass is 32.2. The monoisotopic (exact) mass is 243 g/mol. The molecule has 0 heterocycles. The lowest BCUT2D eigenvalue weighted by molar-refractivity contribution is -0.106. The Morgan fingerprint density at radius 2 is 1.53 bits per heavy atom. The van der Waals surface area contributed by atoms with Gasteiger partial charge >= 0.3 is 0 Å². The summed E-state index contributed by atoms with van der Waals surface area (Å²) < 4.78 is 1.65. The number of hydrogen-bond acceptors (Lipinski definition) is 2. The molecule has 0 saturated heterocycles. The Hall–Kier alpha value is -1.74. The molecule has 0 aromatic heterocycles. The first-order valence-corrected chi connectivity index (χ1v) is 6.31. The number of para-hydroxylation sites is 1. The van der Waals surface area contributed by atoms with Gasteiger partial charge in [-0.1, -0.05) is 48.5 Å². The maximum absolute atomic E-state index is 11.0. The van der Waals surface area contributed by atoms with Crippen molar-refractivity contribution < 1.29 is 4.79 Å². The van der Waals surface area contributed by atoms with E-state index in [1.165, 1.54) is 17.5 Å². The van der Waals surface area contributed by atoms with E-state index in [0.29, 0.717) is 0 Å². The van der Waals surface area contributed by atoms with E-state index < -0.39 is 0 Å². The van der Waals surface area contributed by atoms with Crippen LogP contribution < -0.4 is 4.31 Å². The van der Waals surface area contributed by atoms with E-state index >= 15 is 0 Å². The third-order valence-corrected chi connectivity index (χ3v) is 3.36. The van der Waals surface area contributed by atoms with Gasteiger partial charge in [-0.15, -0.1) is 0 Å². The lowest BCUT2D eigenvalue weighted by Gasteiger charge is -2.15. The number of carbonyl (C=O) groups excluding carboxylic acids is 1. The first-order chi connectivity index (χ1) is 8.40. The van der Waals surface area contributed by atoms with Crippen molar-refractivity contribution >= 4 is 24.0 Å². The van der Waals surface area contributed by atoms with E-state index in [2.05, 4.69) is 12.1 Å². The average Bonchev–Trinajstić information content (AvgIpc) is 2.42. The molecule has 3 heteroatoms. The van der Waals surface area contributed by atoms with Crippen molar-refractivity contribution in [1.29, 1.82) is 0 Å². The predicted molar refractivity (Wildman–Crippen MR) is 72.7 cm³/mol. The summed E-state index contributed by atoms with van der Waals surface area (Å²) in [6.45, 7) is 0. The highest BCUT2D eigenvalue weighted by Gasteiger charge is 2.05. The van der Waals surface area contributed by atoms with Crippen LogP contribution in [0.2, 0.25) is 0 Å². The zero-order valence-electron chi connectivity index (χ0n) is 9.32. The van der Waals surface area contributed by atoms with Crippen molar-refractivity contribution in [1.82, 2.24) is 0 Å². The Morgan fingerprint density at radius 1 is 0.941 bits per heavy atom. The van der Waals surface area contributed by atoms with Crippen LogP contribution in [0.4, 0.5) is 5.69 Å². The summed E-state index contributed by atoms with van der Waals surface area (Å²) in [5.41, 5.74) is 2.11. The fourth-order valence-corrected chi connectivity index (χ4v) is 2.27. The summed E-state index contributed by atoms with van der Waals surface area (Å²) in [5.74, 6) is 0.786. The lowest BCUT2D eigenvalue weighted by atomic mass is 10.2. The summed E-state index contributed by atoms with van der Waals surface area (Å²) >= 11 is 1.49. The fourth-order valence-electron chi connectivity index (χ4n) is 1.46. The summed E-state index contributed by atoms with van der Waals surface area (Å²) in [6, 6.07) is 19.7. The van der Waals surface area contributed by atoms with E-state index in [9.17, 15) is 4.79 Å². The lowest BCUT2D eigenvalue weighted by Crippen LogP contribution is -2.11. The molecule has 17 heavy (non-hydrogen) atoms. The number of carbonyl (C=O) groups is 1. The Kier molecular flexibility index (Phi) is 4.22. The molecule has 0 unspecified atom stereocenters. The molecule has 2 rings (SSSR count). The topological polar surface area (TPSA) is 20.3 Å². The highest BCUT2D eigenvalue weighted by molar-refractivity contribution is 8.00. The number of nitrogens with zero attached hydrogens (tertiary/aromatic N) is 1. The van der Waals surface area contributed by atoms with Crippen molar-refractivity contribution in [3.8, 4) is 0 Å². The minimum absolute atomic E-state index is 0.786. The summed E-state index contributed by atoms with van der Waals surface area (Å²) in [4.78, 5) is 11.0.